The van der Waals surface area contributed by atoms with Crippen molar-refractivity contribution in [1.29, 1.82) is 0 Å². The van der Waals surface area contributed by atoms with Gasteiger partial charge in [-0.2, -0.15) is 0 Å². The minimum atomic E-state index is 0.690. The molecule has 0 aromatic heterocycles. The Hall–Kier alpha value is -0.170. The maximum absolute atomic E-state index is 2.24. The van der Waals surface area contributed by atoms with Crippen LogP contribution in [0, 0.1) is 0 Å². The van der Waals surface area contributed by atoms with Gasteiger partial charge in [0.05, 0.1) is 0 Å². The third-order valence-electron chi connectivity index (χ3n) is 1.32. The largest absolute Gasteiger partial charge is 0.119 e. The minimum absolute atomic E-state index is 0.690. The van der Waals surface area contributed by atoms with Crippen molar-refractivity contribution in [2.75, 3.05) is 0 Å². The van der Waals surface area contributed by atoms with Gasteiger partial charge in [-0.3, -0.25) is 0 Å². The van der Waals surface area contributed by atoms with Gasteiger partial charge in [0.1, 0.15) is 0 Å². The summed E-state index contributed by atoms with van der Waals surface area (Å²) in [5, 5.41) is 0.690. The zero-order chi connectivity index (χ0) is 6.85. The van der Waals surface area contributed by atoms with Crippen LogP contribution >= 0.6 is 11.8 Å². The van der Waals surface area contributed by atoms with Crippen LogP contribution in [0.3, 0.4) is 0 Å². The Labute approximate surface area is 61.0 Å². The standard InChI is InChI=1S/C8H12S/c1-6(2)8-5-4-7(3)9-8/h4-5,7H,1-3H3. The molecule has 0 amide bonds. The fraction of sp³-hybridized carbons (Fsp3) is 0.500. The van der Waals surface area contributed by atoms with Crippen LogP contribution in [0.1, 0.15) is 20.8 Å². The molecule has 1 unspecified atom stereocenters. The maximum atomic E-state index is 2.24. The van der Waals surface area contributed by atoms with Crippen LogP contribution in [0.25, 0.3) is 0 Å². The van der Waals surface area contributed by atoms with Gasteiger partial charge in [0.15, 0.2) is 0 Å². The van der Waals surface area contributed by atoms with E-state index < -0.39 is 0 Å². The van der Waals surface area contributed by atoms with Gasteiger partial charge in [-0.1, -0.05) is 17.7 Å². The molecule has 0 aromatic rings. The Morgan fingerprint density at radius 1 is 1.56 bits per heavy atom. The second-order valence-electron chi connectivity index (χ2n) is 2.55. The molecule has 0 aromatic carbocycles. The quantitative estimate of drug-likeness (QED) is 0.498. The summed E-state index contributed by atoms with van der Waals surface area (Å²) in [5.74, 6) is 0. The predicted molar refractivity (Wildman–Crippen MR) is 44.6 cm³/mol. The lowest BCUT2D eigenvalue weighted by Gasteiger charge is -1.98. The summed E-state index contributed by atoms with van der Waals surface area (Å²) < 4.78 is 0. The molecule has 1 aliphatic rings. The van der Waals surface area contributed by atoms with Crippen molar-refractivity contribution in [2.24, 2.45) is 0 Å². The van der Waals surface area contributed by atoms with Gasteiger partial charge in [0, 0.05) is 10.2 Å². The summed E-state index contributed by atoms with van der Waals surface area (Å²) >= 11 is 1.94. The highest BCUT2D eigenvalue weighted by atomic mass is 32.2. The Morgan fingerprint density at radius 3 is 2.44 bits per heavy atom. The summed E-state index contributed by atoms with van der Waals surface area (Å²) in [6.45, 7) is 6.53. The molecule has 0 aliphatic carbocycles. The maximum Gasteiger partial charge on any atom is 0.0249 e. The van der Waals surface area contributed by atoms with E-state index in [4.69, 9.17) is 0 Å². The van der Waals surface area contributed by atoms with Crippen LogP contribution in [0.4, 0.5) is 0 Å². The molecule has 50 valence electrons. The predicted octanol–water partition coefficient (Wildman–Crippen LogP) is 2.97. The molecule has 0 saturated heterocycles. The molecule has 0 spiro atoms. The molecule has 1 heteroatoms. The van der Waals surface area contributed by atoms with E-state index in [1.807, 2.05) is 11.8 Å². The Balaban J connectivity index is 2.71. The lowest BCUT2D eigenvalue weighted by Crippen LogP contribution is -1.80. The molecule has 0 fully saturated rings. The number of rotatable bonds is 0. The van der Waals surface area contributed by atoms with Gasteiger partial charge in [0.25, 0.3) is 0 Å². The molecule has 1 aliphatic heterocycles. The van der Waals surface area contributed by atoms with Gasteiger partial charge in [0.2, 0.25) is 0 Å². The molecule has 0 nitrogen and oxygen atoms in total. The molecule has 1 rings (SSSR count). The van der Waals surface area contributed by atoms with E-state index in [0.717, 1.165) is 0 Å². The molecule has 0 radical (unpaired) electrons. The highest BCUT2D eigenvalue weighted by molar-refractivity contribution is 8.04. The van der Waals surface area contributed by atoms with E-state index in [2.05, 4.69) is 32.9 Å². The van der Waals surface area contributed by atoms with Crippen LogP contribution in [0.2, 0.25) is 0 Å². The van der Waals surface area contributed by atoms with Crippen molar-refractivity contribution >= 4 is 11.8 Å². The molecular formula is C8H12S. The first-order valence-electron chi connectivity index (χ1n) is 3.22. The fourth-order valence-electron chi connectivity index (χ4n) is 0.786. The Morgan fingerprint density at radius 2 is 2.22 bits per heavy atom. The van der Waals surface area contributed by atoms with E-state index >= 15 is 0 Å². The van der Waals surface area contributed by atoms with E-state index in [9.17, 15) is 0 Å². The highest BCUT2D eigenvalue weighted by Crippen LogP contribution is 2.32. The normalized spacial score (nSPS) is 25.2. The van der Waals surface area contributed by atoms with Gasteiger partial charge in [-0.15, -0.1) is 11.8 Å². The first-order valence-corrected chi connectivity index (χ1v) is 4.10. The lowest BCUT2D eigenvalue weighted by atomic mass is 10.3. The summed E-state index contributed by atoms with van der Waals surface area (Å²) in [4.78, 5) is 1.45. The zero-order valence-corrected chi connectivity index (χ0v) is 6.96. The van der Waals surface area contributed by atoms with E-state index in [0.29, 0.717) is 5.25 Å². The second kappa shape index (κ2) is 2.61. The summed E-state index contributed by atoms with van der Waals surface area (Å²) in [7, 11) is 0. The first-order chi connectivity index (χ1) is 4.20. The SMILES string of the molecule is CC(C)=C1C=CC(C)S1. The smallest absolute Gasteiger partial charge is 0.0249 e. The minimum Gasteiger partial charge on any atom is -0.119 e. The molecule has 9 heavy (non-hydrogen) atoms. The molecule has 1 atom stereocenters. The summed E-state index contributed by atoms with van der Waals surface area (Å²) in [6.07, 6.45) is 4.46. The Bertz CT molecular complexity index is 161. The Kier molecular flexibility index (Phi) is 2.01. The second-order valence-corrected chi connectivity index (χ2v) is 3.97. The molecular weight excluding hydrogens is 128 g/mol. The monoisotopic (exact) mass is 140 g/mol. The topological polar surface area (TPSA) is 0 Å². The van der Waals surface area contributed by atoms with Crippen LogP contribution in [-0.2, 0) is 0 Å². The van der Waals surface area contributed by atoms with Crippen LogP contribution < -0.4 is 0 Å². The highest BCUT2D eigenvalue weighted by Gasteiger charge is 2.08. The summed E-state index contributed by atoms with van der Waals surface area (Å²) in [5.41, 5.74) is 1.43. The number of allylic oxidation sites excluding steroid dienone is 2. The summed E-state index contributed by atoms with van der Waals surface area (Å²) in [6, 6.07) is 0. The third kappa shape index (κ3) is 1.62. The van der Waals surface area contributed by atoms with Crippen LogP contribution in [0.5, 0.6) is 0 Å². The van der Waals surface area contributed by atoms with Gasteiger partial charge in [-0.05, 0) is 20.8 Å². The fourth-order valence-corrected chi connectivity index (χ4v) is 1.74. The molecule has 0 N–H and O–H groups in total. The van der Waals surface area contributed by atoms with Gasteiger partial charge < -0.3 is 0 Å². The van der Waals surface area contributed by atoms with Gasteiger partial charge in [-0.25, -0.2) is 0 Å². The van der Waals surface area contributed by atoms with E-state index in [1.54, 1.807) is 0 Å². The number of thioether (sulfide) groups is 1. The van der Waals surface area contributed by atoms with Crippen molar-refractivity contribution in [3.05, 3.63) is 22.6 Å². The van der Waals surface area contributed by atoms with E-state index in [1.165, 1.54) is 10.5 Å². The molecule has 1 heterocycles. The van der Waals surface area contributed by atoms with Crippen molar-refractivity contribution in [3.8, 4) is 0 Å². The van der Waals surface area contributed by atoms with Crippen molar-refractivity contribution in [2.45, 2.75) is 26.0 Å². The van der Waals surface area contributed by atoms with Crippen LogP contribution in [-0.4, -0.2) is 5.25 Å². The number of hydrogen-bond acceptors (Lipinski definition) is 1. The van der Waals surface area contributed by atoms with Crippen molar-refractivity contribution in [3.63, 3.8) is 0 Å². The van der Waals surface area contributed by atoms with Crippen molar-refractivity contribution in [1.82, 2.24) is 0 Å². The number of hydrogen-bond donors (Lipinski definition) is 0. The third-order valence-corrected chi connectivity index (χ3v) is 2.65. The van der Waals surface area contributed by atoms with Crippen molar-refractivity contribution < 1.29 is 0 Å². The molecule has 0 bridgehead atoms. The molecule has 0 saturated carbocycles. The van der Waals surface area contributed by atoms with E-state index in [-0.39, 0.29) is 0 Å². The zero-order valence-electron chi connectivity index (χ0n) is 6.14. The van der Waals surface area contributed by atoms with Gasteiger partial charge >= 0.3 is 0 Å². The average Bonchev–Trinajstić information content (AvgIpc) is 2.14. The first kappa shape index (κ1) is 6.94. The lowest BCUT2D eigenvalue weighted by molar-refractivity contribution is 1.27. The van der Waals surface area contributed by atoms with Crippen LogP contribution in [0.15, 0.2) is 22.6 Å². The average molecular weight is 140 g/mol.